The molecule has 0 fully saturated rings. The minimum absolute atomic E-state index is 0.212. The van der Waals surface area contributed by atoms with Gasteiger partial charge in [-0.3, -0.25) is 0 Å². The van der Waals surface area contributed by atoms with Crippen LogP contribution in [0.4, 0.5) is 0 Å². The summed E-state index contributed by atoms with van der Waals surface area (Å²) in [7, 11) is 0. The van der Waals surface area contributed by atoms with Gasteiger partial charge in [-0.15, -0.1) is 0 Å². The third-order valence-corrected chi connectivity index (χ3v) is 5.01. The Morgan fingerprint density at radius 2 is 1.52 bits per heavy atom. The summed E-state index contributed by atoms with van der Waals surface area (Å²) in [5, 5.41) is 11.1. The van der Waals surface area contributed by atoms with E-state index < -0.39 is 0 Å². The molecular formula is C26H34O3. The van der Waals surface area contributed by atoms with Crippen LogP contribution in [-0.2, 0) is 10.2 Å². The largest absolute Gasteiger partial charge is 0.507 e. The smallest absolute Gasteiger partial charge is 0.339 e. The molecule has 0 aliphatic rings. The van der Waals surface area contributed by atoms with E-state index in [1.54, 1.807) is 12.1 Å². The first kappa shape index (κ1) is 22.7. The van der Waals surface area contributed by atoms with Crippen molar-refractivity contribution < 1.29 is 14.6 Å². The van der Waals surface area contributed by atoms with Crippen molar-refractivity contribution in [2.45, 2.75) is 67.7 Å². The van der Waals surface area contributed by atoms with E-state index in [-0.39, 0.29) is 22.5 Å². The zero-order chi connectivity index (χ0) is 22.1. The molecule has 0 heterocycles. The van der Waals surface area contributed by atoms with Crippen molar-refractivity contribution >= 4 is 5.97 Å². The molecule has 0 saturated heterocycles. The van der Waals surface area contributed by atoms with Gasteiger partial charge in [0.1, 0.15) is 11.5 Å². The van der Waals surface area contributed by atoms with Gasteiger partial charge in [-0.05, 0) is 55.4 Å². The predicted octanol–water partition coefficient (Wildman–Crippen LogP) is 6.87. The number of benzene rings is 2. The second-order valence-corrected chi connectivity index (χ2v) is 9.80. The van der Waals surface area contributed by atoms with Gasteiger partial charge in [0.2, 0.25) is 0 Å². The molecule has 1 N–H and O–H groups in total. The maximum Gasteiger partial charge on any atom is 0.339 e. The molecule has 0 spiro atoms. The minimum Gasteiger partial charge on any atom is -0.507 e. The fraction of sp³-hybridized carbons (Fsp3) is 0.423. The lowest BCUT2D eigenvalue weighted by molar-refractivity contribution is -0.131. The standard InChI is InChI=1S/C26H34O3/c1-10-20(25(4,5)6)24(28)29-22-12-11-16(2)13-18(22)19-14-17(3)15-21(23(19)27)26(7,8)9/h10-15,27H,1-9H3. The molecule has 0 amide bonds. The number of carbonyl (C=O) groups is 1. The second kappa shape index (κ2) is 8.06. The van der Waals surface area contributed by atoms with Crippen LogP contribution in [-0.4, -0.2) is 11.1 Å². The summed E-state index contributed by atoms with van der Waals surface area (Å²) in [6, 6.07) is 9.62. The first-order chi connectivity index (χ1) is 13.3. The van der Waals surface area contributed by atoms with Crippen LogP contribution in [0.25, 0.3) is 11.1 Å². The zero-order valence-corrected chi connectivity index (χ0v) is 19.2. The molecule has 3 nitrogen and oxygen atoms in total. The van der Waals surface area contributed by atoms with E-state index in [9.17, 15) is 9.90 Å². The summed E-state index contributed by atoms with van der Waals surface area (Å²) in [5.41, 5.74) is 4.43. The van der Waals surface area contributed by atoms with E-state index in [1.165, 1.54) is 0 Å². The van der Waals surface area contributed by atoms with Crippen molar-refractivity contribution in [2.75, 3.05) is 0 Å². The number of phenolic OH excluding ortho intramolecular Hbond substituents is 1. The summed E-state index contributed by atoms with van der Waals surface area (Å²) in [4.78, 5) is 12.9. The Morgan fingerprint density at radius 1 is 0.931 bits per heavy atom. The molecule has 0 bridgehead atoms. The number of aromatic hydroxyl groups is 1. The lowest BCUT2D eigenvalue weighted by Crippen LogP contribution is -2.22. The van der Waals surface area contributed by atoms with Gasteiger partial charge in [-0.2, -0.15) is 0 Å². The Hall–Kier alpha value is -2.55. The quantitative estimate of drug-likeness (QED) is 0.351. The van der Waals surface area contributed by atoms with Crippen LogP contribution < -0.4 is 4.74 Å². The number of esters is 1. The lowest BCUT2D eigenvalue weighted by Gasteiger charge is -2.24. The molecule has 29 heavy (non-hydrogen) atoms. The molecule has 0 radical (unpaired) electrons. The molecule has 2 aromatic rings. The number of carbonyl (C=O) groups excluding carboxylic acids is 1. The third kappa shape index (κ3) is 5.09. The summed E-state index contributed by atoms with van der Waals surface area (Å²) in [6.45, 7) is 18.0. The number of ether oxygens (including phenoxy) is 1. The zero-order valence-electron chi connectivity index (χ0n) is 19.2. The van der Waals surface area contributed by atoms with Gasteiger partial charge in [0.15, 0.2) is 0 Å². The highest BCUT2D eigenvalue weighted by atomic mass is 16.5. The highest BCUT2D eigenvalue weighted by Gasteiger charge is 2.27. The number of phenols is 1. The van der Waals surface area contributed by atoms with Gasteiger partial charge >= 0.3 is 5.97 Å². The Bertz CT molecular complexity index is 951. The van der Waals surface area contributed by atoms with Crippen LogP contribution in [0.3, 0.4) is 0 Å². The first-order valence-corrected chi connectivity index (χ1v) is 10.1. The number of hydrogen-bond donors (Lipinski definition) is 1. The molecule has 0 atom stereocenters. The van der Waals surface area contributed by atoms with Crippen molar-refractivity contribution in [1.82, 2.24) is 0 Å². The molecule has 2 aromatic carbocycles. The van der Waals surface area contributed by atoms with Crippen LogP contribution in [0.5, 0.6) is 11.5 Å². The predicted molar refractivity (Wildman–Crippen MR) is 121 cm³/mol. The van der Waals surface area contributed by atoms with E-state index in [0.717, 1.165) is 22.3 Å². The van der Waals surface area contributed by atoms with Crippen molar-refractivity contribution in [2.24, 2.45) is 5.41 Å². The fourth-order valence-corrected chi connectivity index (χ4v) is 3.51. The molecule has 2 rings (SSSR count). The Kier molecular flexibility index (Phi) is 6.32. The van der Waals surface area contributed by atoms with E-state index >= 15 is 0 Å². The molecule has 0 aliphatic carbocycles. The number of allylic oxidation sites excluding steroid dienone is 1. The van der Waals surface area contributed by atoms with Crippen LogP contribution >= 0.6 is 0 Å². The number of rotatable bonds is 3. The van der Waals surface area contributed by atoms with Crippen LogP contribution in [0, 0.1) is 19.3 Å². The third-order valence-electron chi connectivity index (χ3n) is 5.01. The number of hydrogen-bond acceptors (Lipinski definition) is 3. The Balaban J connectivity index is 2.64. The maximum atomic E-state index is 12.9. The molecule has 156 valence electrons. The summed E-state index contributed by atoms with van der Waals surface area (Å²) in [6.07, 6.45) is 1.80. The summed E-state index contributed by atoms with van der Waals surface area (Å²) in [5.74, 6) is 0.311. The van der Waals surface area contributed by atoms with Crippen LogP contribution in [0.2, 0.25) is 0 Å². The monoisotopic (exact) mass is 394 g/mol. The molecule has 3 heteroatoms. The Morgan fingerprint density at radius 3 is 2.03 bits per heavy atom. The summed E-state index contributed by atoms with van der Waals surface area (Å²) < 4.78 is 5.84. The highest BCUT2D eigenvalue weighted by Crippen LogP contribution is 2.43. The lowest BCUT2D eigenvalue weighted by atomic mass is 9.83. The van der Waals surface area contributed by atoms with Crippen LogP contribution in [0.15, 0.2) is 42.0 Å². The molecule has 0 aliphatic heterocycles. The minimum atomic E-state index is -0.367. The fourth-order valence-electron chi connectivity index (χ4n) is 3.51. The van der Waals surface area contributed by atoms with E-state index in [0.29, 0.717) is 16.9 Å². The van der Waals surface area contributed by atoms with Gasteiger partial charge in [-0.1, -0.05) is 65.3 Å². The molecular weight excluding hydrogens is 360 g/mol. The van der Waals surface area contributed by atoms with E-state index in [4.69, 9.17) is 4.74 Å². The normalized spacial score (nSPS) is 12.8. The first-order valence-electron chi connectivity index (χ1n) is 10.1. The highest BCUT2D eigenvalue weighted by molar-refractivity contribution is 5.93. The van der Waals surface area contributed by atoms with Gasteiger partial charge < -0.3 is 9.84 Å². The van der Waals surface area contributed by atoms with Gasteiger partial charge in [0.25, 0.3) is 0 Å². The van der Waals surface area contributed by atoms with Crippen molar-refractivity contribution in [1.29, 1.82) is 0 Å². The average molecular weight is 395 g/mol. The Labute approximate surface area is 175 Å². The molecule has 0 saturated carbocycles. The van der Waals surface area contributed by atoms with Gasteiger partial charge in [0, 0.05) is 22.3 Å². The molecule has 0 aromatic heterocycles. The van der Waals surface area contributed by atoms with Crippen molar-refractivity contribution in [3.05, 3.63) is 58.7 Å². The van der Waals surface area contributed by atoms with Gasteiger partial charge in [-0.25, -0.2) is 4.79 Å². The van der Waals surface area contributed by atoms with Crippen molar-refractivity contribution in [3.63, 3.8) is 0 Å². The SMILES string of the molecule is CC=C(C(=O)Oc1ccc(C)cc1-c1cc(C)cc(C(C)(C)C)c1O)C(C)(C)C. The number of aryl methyl sites for hydroxylation is 2. The van der Waals surface area contributed by atoms with E-state index in [1.807, 2.05) is 65.8 Å². The topological polar surface area (TPSA) is 46.5 Å². The molecule has 0 unspecified atom stereocenters. The van der Waals surface area contributed by atoms with E-state index in [2.05, 4.69) is 20.8 Å². The van der Waals surface area contributed by atoms with Crippen molar-refractivity contribution in [3.8, 4) is 22.6 Å². The van der Waals surface area contributed by atoms with Crippen LogP contribution in [0.1, 0.15) is 65.2 Å². The second-order valence-electron chi connectivity index (χ2n) is 9.80. The van der Waals surface area contributed by atoms with Gasteiger partial charge in [0.05, 0.1) is 0 Å². The summed E-state index contributed by atoms with van der Waals surface area (Å²) >= 11 is 0. The average Bonchev–Trinajstić information content (AvgIpc) is 2.56. The maximum absolute atomic E-state index is 12.9.